The third-order valence-electron chi connectivity index (χ3n) is 10.9. The van der Waals surface area contributed by atoms with E-state index in [-0.39, 0.29) is 5.60 Å². The molecule has 0 aromatic carbocycles. The molecule has 1 spiro atoms. The smallest absolute Gasteiger partial charge is 0.0740 e. The summed E-state index contributed by atoms with van der Waals surface area (Å²) in [5.74, 6) is 4.65. The average molecular weight is 488 g/mol. The first-order chi connectivity index (χ1) is 17.0. The van der Waals surface area contributed by atoms with Gasteiger partial charge < -0.3 is 10.1 Å². The summed E-state index contributed by atoms with van der Waals surface area (Å²) in [5.41, 5.74) is 4.44. The van der Waals surface area contributed by atoms with Gasteiger partial charge in [-0.2, -0.15) is 0 Å². The van der Waals surface area contributed by atoms with E-state index in [9.17, 15) is 0 Å². The molecule has 1 N–H and O–H groups in total. The van der Waals surface area contributed by atoms with Crippen LogP contribution in [0.25, 0.3) is 0 Å². The number of allylic oxidation sites excluding steroid dienone is 1. The topological polar surface area (TPSA) is 21.3 Å². The van der Waals surface area contributed by atoms with E-state index in [0.29, 0.717) is 17.6 Å². The van der Waals surface area contributed by atoms with Crippen molar-refractivity contribution in [1.29, 1.82) is 0 Å². The highest BCUT2D eigenvalue weighted by Crippen LogP contribution is 2.65. The van der Waals surface area contributed by atoms with E-state index in [1.54, 1.807) is 5.57 Å². The molecule has 2 aliphatic heterocycles. The quantitative estimate of drug-likeness (QED) is 0.344. The van der Waals surface area contributed by atoms with Crippen LogP contribution in [0.4, 0.5) is 0 Å². The van der Waals surface area contributed by atoms with E-state index >= 15 is 0 Å². The molecule has 2 heteroatoms. The highest BCUT2D eigenvalue weighted by Gasteiger charge is 2.57. The van der Waals surface area contributed by atoms with Gasteiger partial charge in [0.25, 0.3) is 0 Å². The summed E-state index contributed by atoms with van der Waals surface area (Å²) in [6.07, 6.45) is 17.4. The van der Waals surface area contributed by atoms with E-state index in [2.05, 4.69) is 26.1 Å². The van der Waals surface area contributed by atoms with Gasteiger partial charge in [-0.25, -0.2) is 0 Å². The van der Waals surface area contributed by atoms with Gasteiger partial charge in [-0.1, -0.05) is 79.4 Å². The van der Waals surface area contributed by atoms with Crippen molar-refractivity contribution in [2.45, 2.75) is 157 Å². The van der Waals surface area contributed by atoms with Gasteiger partial charge in [0.1, 0.15) is 0 Å². The fourth-order valence-corrected chi connectivity index (χ4v) is 9.48. The van der Waals surface area contributed by atoms with Gasteiger partial charge in [-0.3, -0.25) is 0 Å². The van der Waals surface area contributed by atoms with E-state index < -0.39 is 0 Å². The van der Waals surface area contributed by atoms with E-state index in [0.717, 1.165) is 29.6 Å². The lowest BCUT2D eigenvalue weighted by molar-refractivity contribution is -0.0641. The predicted octanol–water partition coefficient (Wildman–Crippen LogP) is 9.33. The Hall–Kier alpha value is -0.340. The minimum Gasteiger partial charge on any atom is -0.370 e. The fraction of sp³-hybridized carbons (Fsp3) is 0.939. The zero-order valence-electron chi connectivity index (χ0n) is 25.1. The lowest BCUT2D eigenvalue weighted by Gasteiger charge is -2.52. The van der Waals surface area contributed by atoms with Crippen LogP contribution in [0.1, 0.15) is 139 Å². The Labute approximate surface area is 219 Å². The predicted molar refractivity (Wildman–Crippen MR) is 153 cm³/mol. The Balaban J connectivity index is 0.000000533. The van der Waals surface area contributed by atoms with E-state index in [1.807, 2.05) is 47.1 Å². The first-order valence-corrected chi connectivity index (χ1v) is 16.1. The summed E-state index contributed by atoms with van der Waals surface area (Å²) in [7, 11) is 0. The molecule has 0 amide bonds. The molecular weight excluding hydrogens is 426 g/mol. The molecule has 3 saturated carbocycles. The number of hydrogen-bond acceptors (Lipinski definition) is 2. The van der Waals surface area contributed by atoms with Crippen molar-refractivity contribution in [2.75, 3.05) is 6.54 Å². The highest BCUT2D eigenvalue weighted by atomic mass is 16.5. The monoisotopic (exact) mass is 487 g/mol. The van der Waals surface area contributed by atoms with Crippen molar-refractivity contribution < 1.29 is 4.74 Å². The maximum atomic E-state index is 6.92. The molecule has 2 nitrogen and oxygen atoms in total. The van der Waals surface area contributed by atoms with Gasteiger partial charge >= 0.3 is 0 Å². The van der Waals surface area contributed by atoms with Crippen molar-refractivity contribution in [3.05, 3.63) is 11.1 Å². The van der Waals surface area contributed by atoms with Crippen molar-refractivity contribution in [3.8, 4) is 0 Å². The van der Waals surface area contributed by atoms with Crippen LogP contribution < -0.4 is 5.32 Å². The minimum absolute atomic E-state index is 0.148. The van der Waals surface area contributed by atoms with Crippen LogP contribution >= 0.6 is 0 Å². The second-order valence-corrected chi connectivity index (χ2v) is 12.5. The van der Waals surface area contributed by atoms with Crippen LogP contribution in [0.2, 0.25) is 0 Å². The van der Waals surface area contributed by atoms with E-state index in [1.165, 1.54) is 83.6 Å². The fourth-order valence-electron chi connectivity index (χ4n) is 9.48. The summed E-state index contributed by atoms with van der Waals surface area (Å²) < 4.78 is 6.92. The van der Waals surface area contributed by atoms with Crippen molar-refractivity contribution in [1.82, 2.24) is 5.32 Å². The van der Waals surface area contributed by atoms with E-state index in [4.69, 9.17) is 4.74 Å². The number of nitrogens with one attached hydrogen (secondary N) is 1. The Bertz CT molecular complexity index is 699. The summed E-state index contributed by atoms with van der Waals surface area (Å²) in [5, 5.41) is 3.83. The van der Waals surface area contributed by atoms with Crippen LogP contribution in [0.5, 0.6) is 0 Å². The first kappa shape index (κ1) is 29.2. The molecule has 4 aliphatic carbocycles. The largest absolute Gasteiger partial charge is 0.370 e. The van der Waals surface area contributed by atoms with Gasteiger partial charge in [0.2, 0.25) is 0 Å². The first-order valence-electron chi connectivity index (χ1n) is 16.1. The third kappa shape index (κ3) is 5.45. The molecule has 0 radical (unpaired) electrons. The molecule has 204 valence electrons. The molecule has 9 atom stereocenters. The number of ether oxygens (including phenoxy) is 1. The number of hydrogen-bond donors (Lipinski definition) is 1. The van der Waals surface area contributed by atoms with Gasteiger partial charge in [0.05, 0.1) is 11.7 Å². The Morgan fingerprint density at radius 1 is 0.914 bits per heavy atom. The summed E-state index contributed by atoms with van der Waals surface area (Å²) in [6, 6.07) is 0.617. The number of rotatable bonds is 0. The minimum atomic E-state index is 0.148. The Morgan fingerprint density at radius 3 is 2.40 bits per heavy atom. The molecule has 2 saturated heterocycles. The lowest BCUT2D eigenvalue weighted by atomic mass is 9.52. The standard InChI is InChI=1S/C27H43NO.3C2H6/c1-17-12-25-24(28-16-17)15-27(29-25)11-9-20-21-8-7-19-6-4-5-10-26(19,3)23(21)13-22(20)18(2)14-27;3*1-2/h17,19-21,23-25,28H,4-16H2,1-3H3;3*1-2H3. The zero-order valence-corrected chi connectivity index (χ0v) is 25.1. The summed E-state index contributed by atoms with van der Waals surface area (Å²) >= 11 is 0. The molecule has 0 aromatic rings. The summed E-state index contributed by atoms with van der Waals surface area (Å²) in [4.78, 5) is 0. The van der Waals surface area contributed by atoms with Crippen LogP contribution in [-0.2, 0) is 4.74 Å². The summed E-state index contributed by atoms with van der Waals surface area (Å²) in [6.45, 7) is 20.8. The molecule has 2 heterocycles. The normalized spacial score (nSPS) is 45.7. The molecule has 0 bridgehead atoms. The zero-order chi connectivity index (χ0) is 25.8. The highest BCUT2D eigenvalue weighted by molar-refractivity contribution is 5.28. The Kier molecular flexibility index (Phi) is 10.4. The van der Waals surface area contributed by atoms with Gasteiger partial charge in [0, 0.05) is 6.04 Å². The molecular formula is C33H61NO. The molecule has 5 fully saturated rings. The molecule has 6 rings (SSSR count). The van der Waals surface area contributed by atoms with Gasteiger partial charge in [-0.15, -0.1) is 0 Å². The number of fused-ring (bicyclic) bond motifs is 6. The third-order valence-corrected chi connectivity index (χ3v) is 10.9. The van der Waals surface area contributed by atoms with Crippen molar-refractivity contribution >= 4 is 0 Å². The van der Waals surface area contributed by atoms with Crippen molar-refractivity contribution in [2.24, 2.45) is 35.0 Å². The maximum absolute atomic E-state index is 6.92. The molecule has 9 unspecified atom stereocenters. The van der Waals surface area contributed by atoms with Gasteiger partial charge in [0.15, 0.2) is 0 Å². The maximum Gasteiger partial charge on any atom is 0.0740 e. The second kappa shape index (κ2) is 12.5. The lowest BCUT2D eigenvalue weighted by Crippen LogP contribution is -2.45. The van der Waals surface area contributed by atoms with Crippen LogP contribution in [-0.4, -0.2) is 24.3 Å². The molecule has 6 aliphatic rings. The van der Waals surface area contributed by atoms with Gasteiger partial charge in [-0.05, 0) is 113 Å². The van der Waals surface area contributed by atoms with Crippen molar-refractivity contribution in [3.63, 3.8) is 0 Å². The van der Waals surface area contributed by atoms with Crippen LogP contribution in [0, 0.1) is 35.0 Å². The van der Waals surface area contributed by atoms with Crippen LogP contribution in [0.15, 0.2) is 11.1 Å². The second-order valence-electron chi connectivity index (χ2n) is 12.5. The van der Waals surface area contributed by atoms with Crippen LogP contribution in [0.3, 0.4) is 0 Å². The molecule has 0 aromatic heterocycles. The Morgan fingerprint density at radius 2 is 1.66 bits per heavy atom. The number of piperidine rings is 1. The SMILES string of the molecule is CC.CC.CC.CC1=C2CC3C(CCC4CCCCC43C)C2CCC2(C1)CC1NCC(C)CC1O2. The average Bonchev–Trinajstić information content (AvgIpc) is 3.41. The molecule has 35 heavy (non-hydrogen) atoms.